The van der Waals surface area contributed by atoms with E-state index in [-0.39, 0.29) is 6.01 Å². The van der Waals surface area contributed by atoms with Crippen LogP contribution in [-0.4, -0.2) is 39.5 Å². The van der Waals surface area contributed by atoms with Gasteiger partial charge in [-0.3, -0.25) is 0 Å². The van der Waals surface area contributed by atoms with Crippen LogP contribution in [0.5, 0.6) is 5.75 Å². The predicted octanol–water partition coefficient (Wildman–Crippen LogP) is 3.90. The number of oxazole rings is 1. The van der Waals surface area contributed by atoms with Crippen molar-refractivity contribution in [2.45, 2.75) is 58.3 Å². The molecule has 0 saturated carbocycles. The molecule has 0 unspecified atom stereocenters. The van der Waals surface area contributed by atoms with Crippen LogP contribution in [0.2, 0.25) is 0 Å². The average Bonchev–Trinajstić information content (AvgIpc) is 3.35. The number of aromatic nitrogens is 3. The molecule has 2 aromatic heterocycles. The van der Waals surface area contributed by atoms with Crippen LogP contribution in [0.3, 0.4) is 0 Å². The van der Waals surface area contributed by atoms with Crippen LogP contribution in [-0.2, 0) is 15.9 Å². The normalized spacial score (nSPS) is 19.6. The average molecular weight is 446 g/mol. The summed E-state index contributed by atoms with van der Waals surface area (Å²) in [5.41, 5.74) is 9.99. The van der Waals surface area contributed by atoms with Gasteiger partial charge in [0.25, 0.3) is 6.01 Å². The number of anilines is 1. The number of fused-ring (bicyclic) bond motifs is 1. The highest BCUT2D eigenvalue weighted by atomic mass is 16.7. The molecule has 1 saturated heterocycles. The largest absolute Gasteiger partial charge is 0.495 e. The number of aryl methyl sites for hydroxylation is 1. The van der Waals surface area contributed by atoms with E-state index < -0.39 is 18.3 Å². The Bertz CT molecular complexity index is 1370. The van der Waals surface area contributed by atoms with Crippen LogP contribution >= 0.6 is 0 Å². The summed E-state index contributed by atoms with van der Waals surface area (Å²) in [4.78, 5) is 9.32. The first kappa shape index (κ1) is 20.6. The van der Waals surface area contributed by atoms with Gasteiger partial charge in [0.15, 0.2) is 5.58 Å². The molecule has 2 aromatic carbocycles. The molecule has 9 heteroatoms. The van der Waals surface area contributed by atoms with Crippen molar-refractivity contribution in [1.29, 1.82) is 0 Å². The van der Waals surface area contributed by atoms with Gasteiger partial charge < -0.3 is 28.8 Å². The molecule has 8 nitrogen and oxygen atoms in total. The SMILES string of the molecule is CC1(C)OB(c2cc3c4c(c2)nc(-c2ccc5oc(N)nc5c2)n4CCCCO3)OC1(C)C. The lowest BCUT2D eigenvalue weighted by Gasteiger charge is -2.32. The van der Waals surface area contributed by atoms with E-state index in [0.29, 0.717) is 17.7 Å². The van der Waals surface area contributed by atoms with E-state index in [1.165, 1.54) is 0 Å². The minimum Gasteiger partial charge on any atom is -0.491 e. The highest BCUT2D eigenvalue weighted by molar-refractivity contribution is 6.62. The summed E-state index contributed by atoms with van der Waals surface area (Å²) in [6, 6.07) is 10.1. The molecule has 0 radical (unpaired) electrons. The molecule has 33 heavy (non-hydrogen) atoms. The van der Waals surface area contributed by atoms with Gasteiger partial charge in [0.1, 0.15) is 22.6 Å². The molecular formula is C24H27BN4O4. The van der Waals surface area contributed by atoms with Gasteiger partial charge in [0.2, 0.25) is 0 Å². The van der Waals surface area contributed by atoms with Crippen molar-refractivity contribution >= 4 is 40.7 Å². The van der Waals surface area contributed by atoms with Crippen LogP contribution in [0.4, 0.5) is 6.01 Å². The van der Waals surface area contributed by atoms with Crippen molar-refractivity contribution < 1.29 is 18.5 Å². The van der Waals surface area contributed by atoms with Gasteiger partial charge in [-0.25, -0.2) is 4.98 Å². The van der Waals surface area contributed by atoms with Crippen LogP contribution in [0.1, 0.15) is 40.5 Å². The number of benzene rings is 2. The number of hydrogen-bond donors (Lipinski definition) is 1. The molecule has 2 aliphatic rings. The number of nitrogens with zero attached hydrogens (tertiary/aromatic N) is 3. The number of nitrogen functional groups attached to an aromatic ring is 1. The van der Waals surface area contributed by atoms with Crippen molar-refractivity contribution in [2.75, 3.05) is 12.3 Å². The Labute approximate surface area is 192 Å². The van der Waals surface area contributed by atoms with E-state index in [1.54, 1.807) is 0 Å². The van der Waals surface area contributed by atoms with Crippen LogP contribution in [0.15, 0.2) is 34.7 Å². The fraction of sp³-hybridized carbons (Fsp3) is 0.417. The Morgan fingerprint density at radius 1 is 0.970 bits per heavy atom. The lowest BCUT2D eigenvalue weighted by Crippen LogP contribution is -2.41. The second kappa shape index (κ2) is 6.98. The molecule has 4 aromatic rings. The smallest absolute Gasteiger partial charge is 0.491 e. The molecule has 1 fully saturated rings. The summed E-state index contributed by atoms with van der Waals surface area (Å²) in [7, 11) is -0.479. The maximum atomic E-state index is 6.30. The Morgan fingerprint density at radius 3 is 2.55 bits per heavy atom. The van der Waals surface area contributed by atoms with Crippen molar-refractivity contribution in [1.82, 2.24) is 14.5 Å². The topological polar surface area (TPSA) is 97.6 Å². The molecule has 4 heterocycles. The third kappa shape index (κ3) is 3.21. The minimum atomic E-state index is -0.479. The van der Waals surface area contributed by atoms with E-state index in [9.17, 15) is 0 Å². The standard InChI is InChI=1S/C24H27BN4O4/c1-23(2)24(3,4)33-25(32-23)15-12-17-20-19(13-15)30-10-6-5-9-29(20)21(27-17)14-7-8-18-16(11-14)28-22(26)31-18/h7-8,11-13H,5-6,9-10H2,1-4H3,(H2,26,28). The second-order valence-electron chi connectivity index (χ2n) is 9.85. The molecule has 0 spiro atoms. The lowest BCUT2D eigenvalue weighted by molar-refractivity contribution is 0.00578. The van der Waals surface area contributed by atoms with Crippen molar-refractivity contribution in [3.05, 3.63) is 30.3 Å². The lowest BCUT2D eigenvalue weighted by atomic mass is 9.78. The number of ether oxygens (including phenoxy) is 1. The fourth-order valence-electron chi connectivity index (χ4n) is 4.55. The highest BCUT2D eigenvalue weighted by Crippen LogP contribution is 2.38. The molecule has 0 aliphatic carbocycles. The minimum absolute atomic E-state index is 0.160. The van der Waals surface area contributed by atoms with Crippen LogP contribution in [0.25, 0.3) is 33.5 Å². The molecule has 0 amide bonds. The zero-order chi connectivity index (χ0) is 23.0. The number of hydrogen-bond acceptors (Lipinski definition) is 7. The third-order valence-electron chi connectivity index (χ3n) is 7.05. The zero-order valence-corrected chi connectivity index (χ0v) is 19.3. The maximum Gasteiger partial charge on any atom is 0.495 e. The van der Waals surface area contributed by atoms with Crippen molar-refractivity contribution in [2.24, 2.45) is 0 Å². The summed E-state index contributed by atoms with van der Waals surface area (Å²) in [6.45, 7) is 9.76. The number of imidazole rings is 1. The molecule has 2 aliphatic heterocycles. The molecule has 2 N–H and O–H groups in total. The molecule has 6 rings (SSSR count). The highest BCUT2D eigenvalue weighted by Gasteiger charge is 2.52. The third-order valence-corrected chi connectivity index (χ3v) is 7.05. The molecule has 0 atom stereocenters. The Morgan fingerprint density at radius 2 is 1.76 bits per heavy atom. The van der Waals surface area contributed by atoms with E-state index >= 15 is 0 Å². The first-order chi connectivity index (χ1) is 15.7. The predicted molar refractivity (Wildman–Crippen MR) is 128 cm³/mol. The van der Waals surface area contributed by atoms with Gasteiger partial charge in [-0.1, -0.05) is 0 Å². The quantitative estimate of drug-likeness (QED) is 0.467. The number of rotatable bonds is 2. The maximum absolute atomic E-state index is 6.30. The molecule has 0 bridgehead atoms. The van der Waals surface area contributed by atoms with Gasteiger partial charge in [-0.15, -0.1) is 0 Å². The number of nitrogens with two attached hydrogens (primary N) is 1. The monoisotopic (exact) mass is 446 g/mol. The van der Waals surface area contributed by atoms with Gasteiger partial charge in [-0.05, 0) is 76.3 Å². The van der Waals surface area contributed by atoms with E-state index in [4.69, 9.17) is 29.2 Å². The Balaban J connectivity index is 1.51. The summed E-state index contributed by atoms with van der Waals surface area (Å²) in [6.07, 6.45) is 1.98. The van der Waals surface area contributed by atoms with Crippen LogP contribution in [0, 0.1) is 0 Å². The van der Waals surface area contributed by atoms with Gasteiger partial charge in [0, 0.05) is 12.1 Å². The summed E-state index contributed by atoms with van der Waals surface area (Å²) in [5.74, 6) is 1.67. The van der Waals surface area contributed by atoms with E-state index in [2.05, 4.69) is 43.3 Å². The van der Waals surface area contributed by atoms with E-state index in [0.717, 1.165) is 53.0 Å². The molecule has 170 valence electrons. The first-order valence-corrected chi connectivity index (χ1v) is 11.4. The van der Waals surface area contributed by atoms with Crippen molar-refractivity contribution in [3.63, 3.8) is 0 Å². The van der Waals surface area contributed by atoms with E-state index in [1.807, 2.05) is 24.3 Å². The summed E-state index contributed by atoms with van der Waals surface area (Å²) >= 11 is 0. The Hall–Kier alpha value is -3.04. The zero-order valence-electron chi connectivity index (χ0n) is 19.3. The Kier molecular flexibility index (Phi) is 4.35. The summed E-state index contributed by atoms with van der Waals surface area (Å²) < 4.78 is 26.5. The first-order valence-electron chi connectivity index (χ1n) is 11.4. The van der Waals surface area contributed by atoms with Crippen LogP contribution < -0.4 is 15.9 Å². The van der Waals surface area contributed by atoms with Gasteiger partial charge in [-0.2, -0.15) is 4.98 Å². The van der Waals surface area contributed by atoms with Crippen molar-refractivity contribution in [3.8, 4) is 17.1 Å². The summed E-state index contributed by atoms with van der Waals surface area (Å²) in [5, 5.41) is 0. The molecular weight excluding hydrogens is 419 g/mol. The fourth-order valence-corrected chi connectivity index (χ4v) is 4.55. The van der Waals surface area contributed by atoms with Gasteiger partial charge in [0.05, 0.1) is 23.3 Å². The second-order valence-corrected chi connectivity index (χ2v) is 9.85. The van der Waals surface area contributed by atoms with Gasteiger partial charge >= 0.3 is 7.12 Å².